The summed E-state index contributed by atoms with van der Waals surface area (Å²) in [6.07, 6.45) is 0.738. The highest BCUT2D eigenvalue weighted by Crippen LogP contribution is 2.15. The van der Waals surface area contributed by atoms with E-state index in [4.69, 9.17) is 16.3 Å². The van der Waals surface area contributed by atoms with Crippen LogP contribution in [0.3, 0.4) is 0 Å². The van der Waals surface area contributed by atoms with Crippen molar-refractivity contribution in [3.63, 3.8) is 0 Å². The second-order valence-corrected chi connectivity index (χ2v) is 4.73. The van der Waals surface area contributed by atoms with Crippen molar-refractivity contribution in [1.29, 1.82) is 0 Å². The van der Waals surface area contributed by atoms with Crippen LogP contribution in [0, 0.1) is 0 Å². The first-order chi connectivity index (χ1) is 10.2. The maximum absolute atomic E-state index is 11.8. The summed E-state index contributed by atoms with van der Waals surface area (Å²) in [5, 5.41) is 3.39. The molecule has 21 heavy (non-hydrogen) atoms. The lowest BCUT2D eigenvalue weighted by atomic mass is 10.1. The van der Waals surface area contributed by atoms with Gasteiger partial charge in [-0.1, -0.05) is 23.7 Å². The largest absolute Gasteiger partial charge is 0.492 e. The van der Waals surface area contributed by atoms with Crippen molar-refractivity contribution in [2.45, 2.75) is 0 Å². The number of hydrogen-bond donors (Lipinski definition) is 1. The molecule has 0 spiro atoms. The Bertz CT molecular complexity index is 608. The third kappa shape index (κ3) is 4.61. The molecule has 0 atom stereocenters. The van der Waals surface area contributed by atoms with Gasteiger partial charge in [-0.25, -0.2) is 0 Å². The number of carbonyl (C=O) groups is 2. The van der Waals surface area contributed by atoms with Gasteiger partial charge in [-0.15, -0.1) is 0 Å². The van der Waals surface area contributed by atoms with Gasteiger partial charge < -0.3 is 10.1 Å². The second-order valence-electron chi connectivity index (χ2n) is 4.30. The Morgan fingerprint density at radius 3 is 2.38 bits per heavy atom. The van der Waals surface area contributed by atoms with Gasteiger partial charge in [0.1, 0.15) is 18.6 Å². The Kier molecular flexibility index (Phi) is 5.35. The highest BCUT2D eigenvalue weighted by Gasteiger charge is 2.04. The van der Waals surface area contributed by atoms with E-state index in [2.05, 4.69) is 5.32 Å². The van der Waals surface area contributed by atoms with E-state index in [9.17, 15) is 9.59 Å². The zero-order valence-corrected chi connectivity index (χ0v) is 12.0. The highest BCUT2D eigenvalue weighted by atomic mass is 35.5. The number of carbonyl (C=O) groups excluding carboxylic acids is 2. The van der Waals surface area contributed by atoms with Crippen LogP contribution in [-0.2, 0) is 0 Å². The van der Waals surface area contributed by atoms with E-state index in [-0.39, 0.29) is 5.91 Å². The normalized spacial score (nSPS) is 9.95. The number of nitrogens with one attached hydrogen (secondary N) is 1. The van der Waals surface area contributed by atoms with Gasteiger partial charge in [0.15, 0.2) is 0 Å². The fourth-order valence-electron chi connectivity index (χ4n) is 1.68. The summed E-state index contributed by atoms with van der Waals surface area (Å²) < 4.78 is 5.46. The topological polar surface area (TPSA) is 55.4 Å². The molecule has 0 fully saturated rings. The van der Waals surface area contributed by atoms with E-state index in [1.54, 1.807) is 48.5 Å². The maximum Gasteiger partial charge on any atom is 0.251 e. The zero-order valence-electron chi connectivity index (χ0n) is 11.2. The summed E-state index contributed by atoms with van der Waals surface area (Å²) in [7, 11) is 0. The minimum Gasteiger partial charge on any atom is -0.492 e. The number of amides is 1. The van der Waals surface area contributed by atoms with E-state index in [1.807, 2.05) is 0 Å². The summed E-state index contributed by atoms with van der Waals surface area (Å²) in [4.78, 5) is 22.4. The molecule has 1 N–H and O–H groups in total. The monoisotopic (exact) mass is 303 g/mol. The van der Waals surface area contributed by atoms with Gasteiger partial charge in [-0.05, 0) is 36.4 Å². The molecule has 0 radical (unpaired) electrons. The van der Waals surface area contributed by atoms with Crippen LogP contribution in [0.25, 0.3) is 0 Å². The lowest BCUT2D eigenvalue weighted by Crippen LogP contribution is -2.28. The molecule has 5 heteroatoms. The summed E-state index contributed by atoms with van der Waals surface area (Å²) in [5.41, 5.74) is 1.05. The average Bonchev–Trinajstić information content (AvgIpc) is 2.53. The van der Waals surface area contributed by atoms with Crippen LogP contribution in [-0.4, -0.2) is 25.3 Å². The van der Waals surface area contributed by atoms with Crippen LogP contribution in [0.4, 0.5) is 0 Å². The third-order valence-electron chi connectivity index (χ3n) is 2.78. The first-order valence-electron chi connectivity index (χ1n) is 6.41. The van der Waals surface area contributed by atoms with Gasteiger partial charge in [0.25, 0.3) is 5.91 Å². The van der Waals surface area contributed by atoms with Crippen LogP contribution in [0.15, 0.2) is 48.5 Å². The Labute approximate surface area is 127 Å². The molecule has 0 aliphatic carbocycles. The van der Waals surface area contributed by atoms with E-state index in [0.717, 1.165) is 6.29 Å². The number of rotatable bonds is 6. The van der Waals surface area contributed by atoms with Crippen molar-refractivity contribution < 1.29 is 14.3 Å². The quantitative estimate of drug-likeness (QED) is 0.659. The Balaban J connectivity index is 1.76. The molecular weight excluding hydrogens is 290 g/mol. The van der Waals surface area contributed by atoms with Crippen molar-refractivity contribution in [3.05, 3.63) is 64.7 Å². The molecule has 108 valence electrons. The molecule has 0 aromatic heterocycles. The van der Waals surface area contributed by atoms with Gasteiger partial charge in [-0.3, -0.25) is 9.59 Å². The first kappa shape index (κ1) is 15.1. The minimum atomic E-state index is -0.202. The SMILES string of the molecule is O=Cc1ccc(C(=O)NCCOc2ccc(Cl)cc2)cc1. The number of ether oxygens (including phenoxy) is 1. The molecule has 0 unspecified atom stereocenters. The van der Waals surface area contributed by atoms with Crippen LogP contribution in [0.5, 0.6) is 5.75 Å². The molecule has 1 amide bonds. The molecule has 0 heterocycles. The smallest absolute Gasteiger partial charge is 0.251 e. The van der Waals surface area contributed by atoms with E-state index in [1.165, 1.54) is 0 Å². The Morgan fingerprint density at radius 2 is 1.76 bits per heavy atom. The summed E-state index contributed by atoms with van der Waals surface area (Å²) in [6.45, 7) is 0.747. The number of benzene rings is 2. The number of hydrogen-bond acceptors (Lipinski definition) is 3. The van der Waals surface area contributed by atoms with Crippen molar-refractivity contribution in [2.24, 2.45) is 0 Å². The van der Waals surface area contributed by atoms with Crippen LogP contribution >= 0.6 is 11.6 Å². The van der Waals surface area contributed by atoms with Crippen LogP contribution < -0.4 is 10.1 Å². The highest BCUT2D eigenvalue weighted by molar-refractivity contribution is 6.30. The standard InChI is InChI=1S/C16H14ClNO3/c17-14-5-7-15(8-6-14)21-10-9-18-16(20)13-3-1-12(11-19)2-4-13/h1-8,11H,9-10H2,(H,18,20). The predicted octanol–water partition coefficient (Wildman–Crippen LogP) is 2.96. The van der Waals surface area contributed by atoms with Gasteiger partial charge in [0, 0.05) is 16.1 Å². The Morgan fingerprint density at radius 1 is 1.10 bits per heavy atom. The second kappa shape index (κ2) is 7.45. The summed E-state index contributed by atoms with van der Waals surface area (Å²) >= 11 is 5.77. The van der Waals surface area contributed by atoms with Crippen molar-refractivity contribution in [1.82, 2.24) is 5.32 Å². The maximum atomic E-state index is 11.8. The van der Waals surface area contributed by atoms with E-state index in [0.29, 0.717) is 35.1 Å². The molecule has 0 bridgehead atoms. The van der Waals surface area contributed by atoms with Gasteiger partial charge in [0.2, 0.25) is 0 Å². The molecule has 0 aliphatic rings. The van der Waals surface area contributed by atoms with Crippen molar-refractivity contribution in [3.8, 4) is 5.75 Å². The lowest BCUT2D eigenvalue weighted by molar-refractivity contribution is 0.0946. The molecule has 2 rings (SSSR count). The van der Waals surface area contributed by atoms with Crippen molar-refractivity contribution in [2.75, 3.05) is 13.2 Å². The average molecular weight is 304 g/mol. The number of halogens is 1. The number of aldehydes is 1. The molecule has 2 aromatic carbocycles. The molecule has 4 nitrogen and oxygen atoms in total. The fraction of sp³-hybridized carbons (Fsp3) is 0.125. The molecule has 0 aliphatic heterocycles. The van der Waals surface area contributed by atoms with E-state index >= 15 is 0 Å². The fourth-order valence-corrected chi connectivity index (χ4v) is 1.81. The molecule has 2 aromatic rings. The lowest BCUT2D eigenvalue weighted by Gasteiger charge is -2.08. The third-order valence-corrected chi connectivity index (χ3v) is 3.03. The van der Waals surface area contributed by atoms with Crippen molar-refractivity contribution >= 4 is 23.8 Å². The van der Waals surface area contributed by atoms with Gasteiger partial charge in [0.05, 0.1) is 6.54 Å². The van der Waals surface area contributed by atoms with Crippen LogP contribution in [0.2, 0.25) is 5.02 Å². The predicted molar refractivity (Wildman–Crippen MR) is 81.1 cm³/mol. The Hall–Kier alpha value is -2.33. The van der Waals surface area contributed by atoms with Gasteiger partial charge >= 0.3 is 0 Å². The van der Waals surface area contributed by atoms with E-state index < -0.39 is 0 Å². The van der Waals surface area contributed by atoms with Gasteiger partial charge in [-0.2, -0.15) is 0 Å². The first-order valence-corrected chi connectivity index (χ1v) is 6.78. The molecular formula is C16H14ClNO3. The van der Waals surface area contributed by atoms with Crippen LogP contribution in [0.1, 0.15) is 20.7 Å². The zero-order chi connectivity index (χ0) is 15.1. The summed E-state index contributed by atoms with van der Waals surface area (Å²) in [5.74, 6) is 0.496. The molecule has 0 saturated carbocycles. The molecule has 0 saturated heterocycles. The minimum absolute atomic E-state index is 0.202. The summed E-state index contributed by atoms with van der Waals surface area (Å²) in [6, 6.07) is 13.4.